The summed E-state index contributed by atoms with van der Waals surface area (Å²) in [7, 11) is -3.01. The van der Waals surface area contributed by atoms with Gasteiger partial charge in [-0.15, -0.1) is 0 Å². The highest BCUT2D eigenvalue weighted by molar-refractivity contribution is 7.88. The van der Waals surface area contributed by atoms with Crippen LogP contribution >= 0.6 is 12.6 Å². The van der Waals surface area contributed by atoms with Gasteiger partial charge >= 0.3 is 0 Å². The summed E-state index contributed by atoms with van der Waals surface area (Å²) < 4.78 is 24.2. The first-order valence-corrected chi connectivity index (χ1v) is 8.01. The van der Waals surface area contributed by atoms with Crippen LogP contribution in [-0.4, -0.2) is 62.4 Å². The maximum absolute atomic E-state index is 11.3. The van der Waals surface area contributed by atoms with E-state index in [-0.39, 0.29) is 5.41 Å². The van der Waals surface area contributed by atoms with Crippen LogP contribution in [0.25, 0.3) is 0 Å². The van der Waals surface area contributed by atoms with Gasteiger partial charge in [0, 0.05) is 32.7 Å². The van der Waals surface area contributed by atoms with Crippen molar-refractivity contribution in [1.82, 2.24) is 9.21 Å². The van der Waals surface area contributed by atoms with Crippen molar-refractivity contribution in [2.75, 3.05) is 44.7 Å². The van der Waals surface area contributed by atoms with E-state index in [0.29, 0.717) is 13.1 Å². The highest BCUT2D eigenvalue weighted by Gasteiger charge is 2.26. The van der Waals surface area contributed by atoms with Crippen LogP contribution in [0, 0.1) is 5.41 Å². The molecular weight excluding hydrogens is 244 g/mol. The Bertz CT molecular complexity index is 320. The quantitative estimate of drug-likeness (QED) is 0.754. The van der Waals surface area contributed by atoms with Crippen LogP contribution in [-0.2, 0) is 10.0 Å². The van der Waals surface area contributed by atoms with Gasteiger partial charge in [-0.05, 0) is 11.2 Å². The molecule has 0 saturated carbocycles. The average molecular weight is 266 g/mol. The van der Waals surface area contributed by atoms with E-state index < -0.39 is 10.0 Å². The summed E-state index contributed by atoms with van der Waals surface area (Å²) in [5.74, 6) is 0.847. The highest BCUT2D eigenvalue weighted by atomic mass is 32.2. The van der Waals surface area contributed by atoms with Crippen molar-refractivity contribution in [3.63, 3.8) is 0 Å². The van der Waals surface area contributed by atoms with Crippen LogP contribution in [0.15, 0.2) is 0 Å². The van der Waals surface area contributed by atoms with E-state index >= 15 is 0 Å². The molecule has 0 aromatic carbocycles. The van der Waals surface area contributed by atoms with Gasteiger partial charge in [-0.2, -0.15) is 16.9 Å². The van der Waals surface area contributed by atoms with E-state index in [1.807, 2.05) is 0 Å². The lowest BCUT2D eigenvalue weighted by Crippen LogP contribution is -2.50. The predicted molar refractivity (Wildman–Crippen MR) is 70.5 cm³/mol. The molecule has 1 aliphatic heterocycles. The number of sulfonamides is 1. The number of rotatable bonds is 4. The first-order chi connectivity index (χ1) is 7.24. The Morgan fingerprint density at radius 3 is 2.06 bits per heavy atom. The maximum Gasteiger partial charge on any atom is 0.211 e. The summed E-state index contributed by atoms with van der Waals surface area (Å²) in [5, 5.41) is 0. The zero-order valence-corrected chi connectivity index (χ0v) is 12.0. The zero-order valence-electron chi connectivity index (χ0n) is 10.3. The standard InChI is InChI=1S/C10H22N2O2S2/c1-10(2,9-15)8-11-4-6-12(7-5-11)16(3,13)14/h15H,4-9H2,1-3H3. The summed E-state index contributed by atoms with van der Waals surface area (Å²) in [6.45, 7) is 8.22. The second-order valence-corrected chi connectivity index (χ2v) is 7.56. The van der Waals surface area contributed by atoms with Gasteiger partial charge in [0.1, 0.15) is 0 Å². The molecule has 1 rings (SSSR count). The van der Waals surface area contributed by atoms with Gasteiger partial charge < -0.3 is 4.90 Å². The van der Waals surface area contributed by atoms with Crippen LogP contribution in [0.2, 0.25) is 0 Å². The smallest absolute Gasteiger partial charge is 0.211 e. The normalized spacial score (nSPS) is 21.2. The Hall–Kier alpha value is 0.220. The van der Waals surface area contributed by atoms with Crippen molar-refractivity contribution in [3.05, 3.63) is 0 Å². The lowest BCUT2D eigenvalue weighted by Gasteiger charge is -2.37. The first-order valence-electron chi connectivity index (χ1n) is 5.53. The third-order valence-electron chi connectivity index (χ3n) is 2.88. The monoisotopic (exact) mass is 266 g/mol. The molecule has 0 aromatic heterocycles. The fourth-order valence-electron chi connectivity index (χ4n) is 1.87. The molecule has 1 aliphatic rings. The lowest BCUT2D eigenvalue weighted by atomic mass is 9.95. The van der Waals surface area contributed by atoms with Gasteiger partial charge in [-0.1, -0.05) is 13.8 Å². The molecule has 6 heteroatoms. The highest BCUT2D eigenvalue weighted by Crippen LogP contribution is 2.19. The Morgan fingerprint density at radius 1 is 1.19 bits per heavy atom. The summed E-state index contributed by atoms with van der Waals surface area (Å²) in [4.78, 5) is 2.32. The minimum Gasteiger partial charge on any atom is -0.300 e. The van der Waals surface area contributed by atoms with Gasteiger partial charge in [0.05, 0.1) is 6.26 Å². The van der Waals surface area contributed by atoms with Gasteiger partial charge in [-0.25, -0.2) is 8.42 Å². The molecule has 16 heavy (non-hydrogen) atoms. The first kappa shape index (κ1) is 14.3. The van der Waals surface area contributed by atoms with Crippen LogP contribution < -0.4 is 0 Å². The maximum atomic E-state index is 11.3. The number of hydrogen-bond acceptors (Lipinski definition) is 4. The summed E-state index contributed by atoms with van der Waals surface area (Å²) >= 11 is 4.33. The second kappa shape index (κ2) is 5.25. The summed E-state index contributed by atoms with van der Waals surface area (Å²) in [6.07, 6.45) is 1.28. The van der Waals surface area contributed by atoms with Crippen LogP contribution in [0.4, 0.5) is 0 Å². The van der Waals surface area contributed by atoms with E-state index in [9.17, 15) is 8.42 Å². The number of hydrogen-bond donors (Lipinski definition) is 1. The molecule has 0 amide bonds. The Balaban J connectivity index is 2.44. The minimum absolute atomic E-state index is 0.191. The Kier molecular flexibility index (Phi) is 4.68. The lowest BCUT2D eigenvalue weighted by molar-refractivity contribution is 0.143. The van der Waals surface area contributed by atoms with E-state index in [4.69, 9.17) is 0 Å². The SMILES string of the molecule is CC(C)(CS)CN1CCN(S(C)(=O)=O)CC1. The molecule has 0 radical (unpaired) electrons. The fourth-order valence-corrected chi connectivity index (χ4v) is 2.80. The molecule has 1 saturated heterocycles. The molecule has 4 nitrogen and oxygen atoms in total. The van der Waals surface area contributed by atoms with Crippen LogP contribution in [0.5, 0.6) is 0 Å². The average Bonchev–Trinajstić information content (AvgIpc) is 2.16. The number of thiol groups is 1. The molecule has 0 unspecified atom stereocenters. The third kappa shape index (κ3) is 4.24. The van der Waals surface area contributed by atoms with Crippen molar-refractivity contribution in [1.29, 1.82) is 0 Å². The van der Waals surface area contributed by atoms with E-state index in [2.05, 4.69) is 31.4 Å². The predicted octanol–water partition coefficient (Wildman–Crippen LogP) is 0.520. The molecule has 96 valence electrons. The second-order valence-electron chi connectivity index (χ2n) is 5.26. The van der Waals surface area contributed by atoms with Crippen molar-refractivity contribution in [3.8, 4) is 0 Å². The molecule has 0 atom stereocenters. The summed E-state index contributed by atoms with van der Waals surface area (Å²) in [6, 6.07) is 0. The van der Waals surface area contributed by atoms with Gasteiger partial charge in [0.25, 0.3) is 0 Å². The molecule has 1 fully saturated rings. The van der Waals surface area contributed by atoms with Crippen molar-refractivity contribution >= 4 is 22.7 Å². The number of nitrogens with zero attached hydrogens (tertiary/aromatic N) is 2. The largest absolute Gasteiger partial charge is 0.300 e. The summed E-state index contributed by atoms with van der Waals surface area (Å²) in [5.41, 5.74) is 0.191. The Morgan fingerprint density at radius 2 is 1.69 bits per heavy atom. The van der Waals surface area contributed by atoms with E-state index in [1.165, 1.54) is 6.26 Å². The topological polar surface area (TPSA) is 40.6 Å². The minimum atomic E-state index is -3.01. The van der Waals surface area contributed by atoms with E-state index in [1.54, 1.807) is 4.31 Å². The van der Waals surface area contributed by atoms with Crippen LogP contribution in [0.3, 0.4) is 0 Å². The molecule has 0 N–H and O–H groups in total. The third-order valence-corrected chi connectivity index (χ3v) is 5.04. The van der Waals surface area contributed by atoms with Gasteiger partial charge in [0.15, 0.2) is 0 Å². The van der Waals surface area contributed by atoms with Gasteiger partial charge in [0.2, 0.25) is 10.0 Å². The van der Waals surface area contributed by atoms with Crippen molar-refractivity contribution in [2.24, 2.45) is 5.41 Å². The molecule has 1 heterocycles. The molecule has 0 aromatic rings. The molecule has 0 bridgehead atoms. The van der Waals surface area contributed by atoms with Gasteiger partial charge in [-0.3, -0.25) is 0 Å². The van der Waals surface area contributed by atoms with Crippen LogP contribution in [0.1, 0.15) is 13.8 Å². The zero-order chi connectivity index (χ0) is 12.4. The Labute approximate surface area is 104 Å². The van der Waals surface area contributed by atoms with Crippen molar-refractivity contribution in [2.45, 2.75) is 13.8 Å². The molecular formula is C10H22N2O2S2. The number of piperazine rings is 1. The van der Waals surface area contributed by atoms with Crippen molar-refractivity contribution < 1.29 is 8.42 Å². The molecule has 0 aliphatic carbocycles. The fraction of sp³-hybridized carbons (Fsp3) is 1.00. The molecule has 0 spiro atoms. The van der Waals surface area contributed by atoms with E-state index in [0.717, 1.165) is 25.4 Å².